The van der Waals surface area contributed by atoms with Crippen molar-refractivity contribution in [2.24, 2.45) is 0 Å². The molecule has 1 N–H and O–H groups in total. The Morgan fingerprint density at radius 2 is 2.38 bits per heavy atom. The molecule has 1 nitrogen and oxygen atoms in total. The van der Waals surface area contributed by atoms with Crippen LogP contribution in [0.3, 0.4) is 0 Å². The van der Waals surface area contributed by atoms with Crippen molar-refractivity contribution < 1.29 is 4.39 Å². The summed E-state index contributed by atoms with van der Waals surface area (Å²) in [4.78, 5) is 0. The first-order valence-electron chi connectivity index (χ1n) is 5.52. The lowest BCUT2D eigenvalue weighted by atomic mass is 9.99. The van der Waals surface area contributed by atoms with Gasteiger partial charge in [-0.25, -0.2) is 4.39 Å². The topological polar surface area (TPSA) is 12.0 Å². The SMILES string of the molecule is CCNC1CCSCc2c1ccc(F)c2Br. The quantitative estimate of drug-likeness (QED) is 0.890. The van der Waals surface area contributed by atoms with Crippen LogP contribution in [0.1, 0.15) is 30.5 Å². The van der Waals surface area contributed by atoms with Gasteiger partial charge >= 0.3 is 0 Å². The smallest absolute Gasteiger partial charge is 0.137 e. The maximum Gasteiger partial charge on any atom is 0.137 e. The van der Waals surface area contributed by atoms with Crippen molar-refractivity contribution in [3.05, 3.63) is 33.5 Å². The summed E-state index contributed by atoms with van der Waals surface area (Å²) >= 11 is 5.24. The van der Waals surface area contributed by atoms with E-state index in [4.69, 9.17) is 0 Å². The first-order valence-corrected chi connectivity index (χ1v) is 7.46. The molecule has 0 amide bonds. The number of hydrogen-bond acceptors (Lipinski definition) is 2. The van der Waals surface area contributed by atoms with Gasteiger partial charge in [-0.3, -0.25) is 0 Å². The highest BCUT2D eigenvalue weighted by Gasteiger charge is 2.21. The van der Waals surface area contributed by atoms with Crippen LogP contribution in [0.5, 0.6) is 0 Å². The number of rotatable bonds is 2. The monoisotopic (exact) mass is 303 g/mol. The summed E-state index contributed by atoms with van der Waals surface area (Å²) in [5.41, 5.74) is 2.37. The lowest BCUT2D eigenvalue weighted by Crippen LogP contribution is -2.21. The normalized spacial score (nSPS) is 20.3. The number of thioether (sulfide) groups is 1. The third-order valence-corrected chi connectivity index (χ3v) is 4.73. The summed E-state index contributed by atoms with van der Waals surface area (Å²) in [6.45, 7) is 3.06. The molecule has 0 radical (unpaired) electrons. The van der Waals surface area contributed by atoms with Crippen LogP contribution < -0.4 is 5.32 Å². The second kappa shape index (κ2) is 5.52. The van der Waals surface area contributed by atoms with Gasteiger partial charge in [0.2, 0.25) is 0 Å². The Balaban J connectivity index is 2.42. The molecule has 0 saturated carbocycles. The van der Waals surface area contributed by atoms with Crippen molar-refractivity contribution in [1.82, 2.24) is 5.32 Å². The predicted octanol–water partition coefficient (Wildman–Crippen LogP) is 3.88. The Morgan fingerprint density at radius 1 is 1.56 bits per heavy atom. The highest BCUT2D eigenvalue weighted by Crippen LogP contribution is 2.35. The molecule has 2 rings (SSSR count). The van der Waals surface area contributed by atoms with Gasteiger partial charge in [-0.05, 0) is 51.8 Å². The molecule has 88 valence electrons. The highest BCUT2D eigenvalue weighted by atomic mass is 79.9. The van der Waals surface area contributed by atoms with Crippen LogP contribution in [0.15, 0.2) is 16.6 Å². The van der Waals surface area contributed by atoms with Crippen molar-refractivity contribution in [3.8, 4) is 0 Å². The number of nitrogens with one attached hydrogen (secondary N) is 1. The molecule has 0 spiro atoms. The van der Waals surface area contributed by atoms with E-state index in [1.54, 1.807) is 6.07 Å². The van der Waals surface area contributed by atoms with E-state index in [1.807, 2.05) is 17.8 Å². The van der Waals surface area contributed by atoms with E-state index in [0.717, 1.165) is 30.0 Å². The van der Waals surface area contributed by atoms with Gasteiger partial charge in [0.1, 0.15) is 5.82 Å². The molecule has 1 heterocycles. The zero-order chi connectivity index (χ0) is 11.5. The third kappa shape index (κ3) is 2.44. The fraction of sp³-hybridized carbons (Fsp3) is 0.500. The van der Waals surface area contributed by atoms with Crippen LogP contribution in [0.4, 0.5) is 4.39 Å². The lowest BCUT2D eigenvalue weighted by molar-refractivity contribution is 0.537. The zero-order valence-electron chi connectivity index (χ0n) is 9.22. The van der Waals surface area contributed by atoms with Gasteiger partial charge in [0, 0.05) is 11.8 Å². The third-order valence-electron chi connectivity index (χ3n) is 2.86. The second-order valence-electron chi connectivity index (χ2n) is 3.88. The molecule has 1 aromatic carbocycles. The summed E-state index contributed by atoms with van der Waals surface area (Å²) in [5, 5.41) is 3.47. The van der Waals surface area contributed by atoms with E-state index in [0.29, 0.717) is 10.5 Å². The fourth-order valence-corrected chi connectivity index (χ4v) is 3.82. The van der Waals surface area contributed by atoms with Crippen molar-refractivity contribution in [1.29, 1.82) is 0 Å². The average molecular weight is 304 g/mol. The minimum atomic E-state index is -0.156. The Kier molecular flexibility index (Phi) is 4.27. The maximum absolute atomic E-state index is 13.5. The Morgan fingerprint density at radius 3 is 3.12 bits per heavy atom. The first kappa shape index (κ1) is 12.4. The van der Waals surface area contributed by atoms with E-state index >= 15 is 0 Å². The molecule has 0 saturated heterocycles. The van der Waals surface area contributed by atoms with E-state index in [2.05, 4.69) is 28.2 Å². The molecule has 0 aliphatic carbocycles. The molecular weight excluding hydrogens is 289 g/mol. The summed E-state index contributed by atoms with van der Waals surface area (Å²) in [6.07, 6.45) is 1.11. The Hall–Kier alpha value is -0.0600. The van der Waals surface area contributed by atoms with Gasteiger partial charge in [0.25, 0.3) is 0 Å². The van der Waals surface area contributed by atoms with E-state index < -0.39 is 0 Å². The Labute approximate surface area is 108 Å². The van der Waals surface area contributed by atoms with Gasteiger partial charge in [-0.2, -0.15) is 11.8 Å². The number of benzene rings is 1. The summed E-state index contributed by atoms with van der Waals surface area (Å²) < 4.78 is 14.1. The van der Waals surface area contributed by atoms with Crippen molar-refractivity contribution in [2.45, 2.75) is 25.1 Å². The summed E-state index contributed by atoms with van der Waals surface area (Å²) in [5.74, 6) is 1.87. The molecule has 0 bridgehead atoms. The van der Waals surface area contributed by atoms with Crippen molar-refractivity contribution in [3.63, 3.8) is 0 Å². The summed E-state index contributed by atoms with van der Waals surface area (Å²) in [6, 6.07) is 3.85. The molecule has 1 aliphatic heterocycles. The molecule has 1 atom stereocenters. The fourth-order valence-electron chi connectivity index (χ4n) is 2.07. The van der Waals surface area contributed by atoms with Crippen LogP contribution >= 0.6 is 27.7 Å². The van der Waals surface area contributed by atoms with E-state index in [-0.39, 0.29) is 5.82 Å². The number of halogens is 2. The molecule has 1 aliphatic rings. The standard InChI is InChI=1S/C12H15BrFNS/c1-2-15-11-5-6-16-7-9-8(11)3-4-10(14)12(9)13/h3-4,11,15H,2,5-7H2,1H3. The minimum Gasteiger partial charge on any atom is -0.310 e. The van der Waals surface area contributed by atoms with Gasteiger partial charge in [0.05, 0.1) is 4.47 Å². The number of fused-ring (bicyclic) bond motifs is 1. The molecule has 1 aromatic rings. The van der Waals surface area contributed by atoms with Crippen molar-refractivity contribution >= 4 is 27.7 Å². The molecular formula is C12H15BrFNS. The zero-order valence-corrected chi connectivity index (χ0v) is 11.6. The van der Waals surface area contributed by atoms with Crippen LogP contribution in [-0.4, -0.2) is 12.3 Å². The highest BCUT2D eigenvalue weighted by molar-refractivity contribution is 9.10. The maximum atomic E-state index is 13.5. The predicted molar refractivity (Wildman–Crippen MR) is 71.3 cm³/mol. The van der Waals surface area contributed by atoms with Crippen LogP contribution in [-0.2, 0) is 5.75 Å². The van der Waals surface area contributed by atoms with Crippen LogP contribution in [0, 0.1) is 5.82 Å². The summed E-state index contributed by atoms with van der Waals surface area (Å²) in [7, 11) is 0. The van der Waals surface area contributed by atoms with Gasteiger partial charge in [0.15, 0.2) is 0 Å². The molecule has 0 aromatic heterocycles. The molecule has 0 fully saturated rings. The van der Waals surface area contributed by atoms with Crippen molar-refractivity contribution in [2.75, 3.05) is 12.3 Å². The molecule has 16 heavy (non-hydrogen) atoms. The molecule has 1 unspecified atom stereocenters. The van der Waals surface area contributed by atoms with Gasteiger partial charge in [-0.1, -0.05) is 13.0 Å². The molecule has 4 heteroatoms. The lowest BCUT2D eigenvalue weighted by Gasteiger charge is -2.19. The minimum absolute atomic E-state index is 0.156. The number of hydrogen-bond donors (Lipinski definition) is 1. The van der Waals surface area contributed by atoms with E-state index in [9.17, 15) is 4.39 Å². The first-order chi connectivity index (χ1) is 7.74. The van der Waals surface area contributed by atoms with Crippen LogP contribution in [0.2, 0.25) is 0 Å². The van der Waals surface area contributed by atoms with Gasteiger partial charge in [-0.15, -0.1) is 0 Å². The average Bonchev–Trinajstić information content (AvgIpc) is 2.48. The largest absolute Gasteiger partial charge is 0.310 e. The van der Waals surface area contributed by atoms with Crippen LogP contribution in [0.25, 0.3) is 0 Å². The van der Waals surface area contributed by atoms with E-state index in [1.165, 1.54) is 5.56 Å². The Bertz CT molecular complexity index is 384. The second-order valence-corrected chi connectivity index (χ2v) is 5.78. The van der Waals surface area contributed by atoms with Gasteiger partial charge < -0.3 is 5.32 Å².